The quantitative estimate of drug-likeness (QED) is 0.525. The van der Waals surface area contributed by atoms with Crippen molar-refractivity contribution in [1.29, 1.82) is 0 Å². The summed E-state index contributed by atoms with van der Waals surface area (Å²) in [6.07, 6.45) is 3.86. The van der Waals surface area contributed by atoms with Crippen LogP contribution in [0.5, 0.6) is 0 Å². The number of aromatic nitrogens is 1. The molecule has 1 aromatic carbocycles. The van der Waals surface area contributed by atoms with Crippen LogP contribution in [-0.2, 0) is 6.42 Å². The third-order valence-electron chi connectivity index (χ3n) is 5.10. The maximum absolute atomic E-state index is 12.8. The third-order valence-corrected chi connectivity index (χ3v) is 5.79. The largest absolute Gasteiger partial charge is 0.455 e. The van der Waals surface area contributed by atoms with Crippen molar-refractivity contribution >= 4 is 39.3 Å². The van der Waals surface area contributed by atoms with Crippen LogP contribution in [0.2, 0.25) is 0 Å². The lowest BCUT2D eigenvalue weighted by Gasteiger charge is -2.13. The Morgan fingerprint density at radius 2 is 1.94 bits per heavy atom. The smallest absolute Gasteiger partial charge is 0.292 e. The number of hydrogen-bond acceptors (Lipinski definition) is 5. The first-order chi connectivity index (χ1) is 14.9. The summed E-state index contributed by atoms with van der Waals surface area (Å²) in [5, 5.41) is 7.15. The first kappa shape index (κ1) is 21.0. The summed E-state index contributed by atoms with van der Waals surface area (Å²) in [7, 11) is 0. The molecule has 2 heterocycles. The Kier molecular flexibility index (Phi) is 5.99. The van der Waals surface area contributed by atoms with Crippen LogP contribution < -0.4 is 10.7 Å². The van der Waals surface area contributed by atoms with Crippen molar-refractivity contribution in [2.45, 2.75) is 33.1 Å². The summed E-state index contributed by atoms with van der Waals surface area (Å²) in [4.78, 5) is 29.5. The summed E-state index contributed by atoms with van der Waals surface area (Å²) in [5.74, 6) is 0.742. The molecule has 0 aliphatic heterocycles. The highest BCUT2D eigenvalue weighted by Gasteiger charge is 2.28. The van der Waals surface area contributed by atoms with Crippen molar-refractivity contribution in [2.75, 3.05) is 5.32 Å². The molecular formula is C23H21BrN4O3. The number of pyridine rings is 1. The Hall–Kier alpha value is -3.26. The van der Waals surface area contributed by atoms with Crippen LogP contribution in [0.1, 0.15) is 56.2 Å². The van der Waals surface area contributed by atoms with Gasteiger partial charge in [0, 0.05) is 28.2 Å². The Morgan fingerprint density at radius 3 is 2.71 bits per heavy atom. The minimum Gasteiger partial charge on any atom is -0.455 e. The monoisotopic (exact) mass is 480 g/mol. The van der Waals surface area contributed by atoms with Crippen LogP contribution in [-0.4, -0.2) is 22.5 Å². The molecule has 1 aliphatic rings. The predicted molar refractivity (Wildman–Crippen MR) is 121 cm³/mol. The van der Waals surface area contributed by atoms with Gasteiger partial charge in [0.15, 0.2) is 5.76 Å². The summed E-state index contributed by atoms with van der Waals surface area (Å²) < 4.78 is 6.60. The van der Waals surface area contributed by atoms with Crippen molar-refractivity contribution in [3.63, 3.8) is 0 Å². The molecule has 8 heteroatoms. The van der Waals surface area contributed by atoms with E-state index in [9.17, 15) is 9.59 Å². The zero-order valence-electron chi connectivity index (χ0n) is 17.2. The fourth-order valence-electron chi connectivity index (χ4n) is 3.60. The van der Waals surface area contributed by atoms with E-state index >= 15 is 0 Å². The number of carbonyl (C=O) groups is 2. The molecule has 3 aromatic rings. The van der Waals surface area contributed by atoms with E-state index in [0.29, 0.717) is 45.7 Å². The molecule has 2 aromatic heterocycles. The number of benzene rings is 1. The third kappa shape index (κ3) is 4.44. The summed E-state index contributed by atoms with van der Waals surface area (Å²) >= 11 is 3.38. The summed E-state index contributed by atoms with van der Waals surface area (Å²) in [5.41, 5.74) is 6.32. The van der Waals surface area contributed by atoms with Gasteiger partial charge in [0.25, 0.3) is 11.8 Å². The number of hydrogen-bond donors (Lipinski definition) is 2. The number of furan rings is 1. The average molecular weight is 481 g/mol. The van der Waals surface area contributed by atoms with Crippen molar-refractivity contribution in [3.05, 3.63) is 80.8 Å². The minimum absolute atomic E-state index is 0.236. The van der Waals surface area contributed by atoms with Crippen LogP contribution in [0, 0.1) is 13.8 Å². The molecule has 0 saturated heterocycles. The molecule has 158 valence electrons. The number of halogens is 1. The Morgan fingerprint density at radius 1 is 1.13 bits per heavy atom. The second kappa shape index (κ2) is 8.85. The highest BCUT2D eigenvalue weighted by atomic mass is 79.9. The zero-order valence-corrected chi connectivity index (χ0v) is 18.7. The number of nitrogens with one attached hydrogen (secondary N) is 2. The number of amides is 2. The van der Waals surface area contributed by atoms with Gasteiger partial charge in [-0.05, 0) is 72.4 Å². The first-order valence-corrected chi connectivity index (χ1v) is 10.7. The fourth-order valence-corrected chi connectivity index (χ4v) is 4.06. The maximum atomic E-state index is 12.8. The van der Waals surface area contributed by atoms with E-state index in [1.165, 1.54) is 0 Å². The summed E-state index contributed by atoms with van der Waals surface area (Å²) in [6.45, 7) is 3.76. The van der Waals surface area contributed by atoms with Gasteiger partial charge in [-0.2, -0.15) is 5.10 Å². The van der Waals surface area contributed by atoms with E-state index in [-0.39, 0.29) is 17.6 Å². The van der Waals surface area contributed by atoms with Gasteiger partial charge in [0.05, 0.1) is 11.3 Å². The molecular weight excluding hydrogens is 460 g/mol. The Bertz CT molecular complexity index is 1200. The average Bonchev–Trinajstić information content (AvgIpc) is 3.10. The SMILES string of the molecule is Cc1ccnc(NC(=O)c2oc3c(c2C)/C(=N/NC(=O)c2ccccc2Br)CCC3)c1. The lowest BCUT2D eigenvalue weighted by Crippen LogP contribution is -2.22. The van der Waals surface area contributed by atoms with Crippen molar-refractivity contribution < 1.29 is 14.0 Å². The van der Waals surface area contributed by atoms with Gasteiger partial charge < -0.3 is 9.73 Å². The van der Waals surface area contributed by atoms with Gasteiger partial charge >= 0.3 is 0 Å². The lowest BCUT2D eigenvalue weighted by molar-refractivity contribution is 0.0952. The number of rotatable bonds is 4. The van der Waals surface area contributed by atoms with E-state index < -0.39 is 0 Å². The maximum Gasteiger partial charge on any atom is 0.292 e. The topological polar surface area (TPSA) is 96.6 Å². The number of nitrogens with zero attached hydrogens (tertiary/aromatic N) is 2. The minimum atomic E-state index is -0.360. The Labute approximate surface area is 188 Å². The lowest BCUT2D eigenvalue weighted by atomic mass is 9.93. The Balaban J connectivity index is 1.58. The van der Waals surface area contributed by atoms with E-state index in [1.54, 1.807) is 30.5 Å². The fraction of sp³-hybridized carbons (Fsp3) is 0.217. The predicted octanol–water partition coefficient (Wildman–Crippen LogP) is 4.78. The van der Waals surface area contributed by atoms with Gasteiger partial charge in [-0.15, -0.1) is 0 Å². The molecule has 0 spiro atoms. The van der Waals surface area contributed by atoms with Crippen LogP contribution in [0.3, 0.4) is 0 Å². The molecule has 2 N–H and O–H groups in total. The second-order valence-corrected chi connectivity index (χ2v) is 8.21. The van der Waals surface area contributed by atoms with Crippen LogP contribution in [0.15, 0.2) is 56.6 Å². The molecule has 1 aliphatic carbocycles. The molecule has 0 radical (unpaired) electrons. The number of carbonyl (C=O) groups excluding carboxylic acids is 2. The van der Waals surface area contributed by atoms with E-state index in [1.807, 2.05) is 26.0 Å². The first-order valence-electron chi connectivity index (χ1n) is 9.92. The van der Waals surface area contributed by atoms with Gasteiger partial charge in [-0.3, -0.25) is 9.59 Å². The standard InChI is InChI=1S/C23H21BrN4O3/c1-13-10-11-25-19(12-13)26-23(30)21-14(2)20-17(8-5-9-18(20)31-21)27-28-22(29)15-6-3-4-7-16(15)24/h3-4,6-7,10-12H,5,8-9H2,1-2H3,(H,28,29)(H,25,26,30)/b27-17+. The van der Waals surface area contributed by atoms with Gasteiger partial charge in [0.2, 0.25) is 0 Å². The van der Waals surface area contributed by atoms with E-state index in [0.717, 1.165) is 17.5 Å². The number of fused-ring (bicyclic) bond motifs is 1. The molecule has 31 heavy (non-hydrogen) atoms. The van der Waals surface area contributed by atoms with E-state index in [2.05, 4.69) is 36.8 Å². The van der Waals surface area contributed by atoms with Gasteiger partial charge in [-0.25, -0.2) is 10.4 Å². The molecule has 4 rings (SSSR count). The van der Waals surface area contributed by atoms with Crippen LogP contribution >= 0.6 is 15.9 Å². The summed E-state index contributed by atoms with van der Waals surface area (Å²) in [6, 6.07) is 10.8. The van der Waals surface area contributed by atoms with Crippen LogP contribution in [0.4, 0.5) is 5.82 Å². The highest BCUT2D eigenvalue weighted by Crippen LogP contribution is 2.30. The number of anilines is 1. The number of aryl methyl sites for hydroxylation is 2. The number of hydrazone groups is 1. The second-order valence-electron chi connectivity index (χ2n) is 7.36. The molecule has 0 saturated carbocycles. The van der Waals surface area contributed by atoms with Crippen molar-refractivity contribution in [1.82, 2.24) is 10.4 Å². The van der Waals surface area contributed by atoms with Crippen molar-refractivity contribution in [3.8, 4) is 0 Å². The molecule has 0 unspecified atom stereocenters. The van der Waals surface area contributed by atoms with Crippen molar-refractivity contribution in [2.24, 2.45) is 5.10 Å². The molecule has 7 nitrogen and oxygen atoms in total. The normalized spacial score (nSPS) is 14.2. The van der Waals surface area contributed by atoms with Gasteiger partial charge in [0.1, 0.15) is 11.6 Å². The molecule has 2 amide bonds. The zero-order chi connectivity index (χ0) is 22.0. The van der Waals surface area contributed by atoms with E-state index in [4.69, 9.17) is 4.42 Å². The van der Waals surface area contributed by atoms with Gasteiger partial charge in [-0.1, -0.05) is 12.1 Å². The molecule has 0 fully saturated rings. The highest BCUT2D eigenvalue weighted by molar-refractivity contribution is 9.10. The molecule has 0 atom stereocenters. The molecule has 0 bridgehead atoms. The van der Waals surface area contributed by atoms with Crippen LogP contribution in [0.25, 0.3) is 0 Å².